The predicted molar refractivity (Wildman–Crippen MR) is 130 cm³/mol. The standard InChI is InChI=1S/C25H40N4O2S/c1-15(2)20-12-23(16(3)4)25(24(13-20)17(5)6)32(30,31)28-21-10-9-11-22(14-21)29-18(7)26-27-19(29)8/h12-13,15-17,21-22,28H,9-11,14H2,1-8H3/t21-,22+/m0/s1. The van der Waals surface area contributed by atoms with Crippen LogP contribution in [0.15, 0.2) is 17.0 Å². The second-order valence-corrected chi connectivity index (χ2v) is 11.9. The summed E-state index contributed by atoms with van der Waals surface area (Å²) in [5.74, 6) is 2.39. The highest BCUT2D eigenvalue weighted by atomic mass is 32.2. The molecule has 0 spiro atoms. The van der Waals surface area contributed by atoms with Gasteiger partial charge in [0.2, 0.25) is 10.0 Å². The Morgan fingerprint density at radius 2 is 1.44 bits per heavy atom. The fourth-order valence-electron chi connectivity index (χ4n) is 4.99. The molecule has 1 aromatic carbocycles. The Morgan fingerprint density at radius 1 is 0.906 bits per heavy atom. The first-order valence-electron chi connectivity index (χ1n) is 12.0. The van der Waals surface area contributed by atoms with Gasteiger partial charge in [-0.15, -0.1) is 10.2 Å². The molecule has 3 rings (SSSR count). The summed E-state index contributed by atoms with van der Waals surface area (Å²) in [6, 6.07) is 4.33. The smallest absolute Gasteiger partial charge is 0.241 e. The summed E-state index contributed by atoms with van der Waals surface area (Å²) in [6.45, 7) is 16.6. The van der Waals surface area contributed by atoms with Gasteiger partial charge in [-0.1, -0.05) is 53.7 Å². The molecular weight excluding hydrogens is 420 g/mol. The molecule has 0 amide bonds. The van der Waals surface area contributed by atoms with E-state index in [0.717, 1.165) is 48.5 Å². The van der Waals surface area contributed by atoms with Crippen molar-refractivity contribution < 1.29 is 8.42 Å². The highest BCUT2D eigenvalue weighted by molar-refractivity contribution is 7.89. The minimum absolute atomic E-state index is 0.0928. The number of nitrogens with zero attached hydrogens (tertiary/aromatic N) is 3. The van der Waals surface area contributed by atoms with Crippen LogP contribution in [-0.4, -0.2) is 29.2 Å². The topological polar surface area (TPSA) is 76.9 Å². The summed E-state index contributed by atoms with van der Waals surface area (Å²) in [4.78, 5) is 0.491. The van der Waals surface area contributed by atoms with E-state index in [1.165, 1.54) is 5.56 Å². The van der Waals surface area contributed by atoms with E-state index in [1.807, 2.05) is 13.8 Å². The largest absolute Gasteiger partial charge is 0.312 e. The number of sulfonamides is 1. The van der Waals surface area contributed by atoms with Crippen molar-refractivity contribution >= 4 is 10.0 Å². The summed E-state index contributed by atoms with van der Waals surface area (Å²) >= 11 is 0. The van der Waals surface area contributed by atoms with E-state index in [-0.39, 0.29) is 23.9 Å². The molecule has 0 radical (unpaired) electrons. The summed E-state index contributed by atoms with van der Waals surface area (Å²) < 4.78 is 32.9. The molecule has 7 heteroatoms. The minimum Gasteiger partial charge on any atom is -0.312 e. The second kappa shape index (κ2) is 9.64. The fourth-order valence-corrected chi connectivity index (χ4v) is 6.97. The molecule has 1 aromatic heterocycles. The summed E-state index contributed by atoms with van der Waals surface area (Å²) in [5.41, 5.74) is 3.04. The van der Waals surface area contributed by atoms with E-state index >= 15 is 0 Å². The van der Waals surface area contributed by atoms with E-state index in [4.69, 9.17) is 0 Å². The van der Waals surface area contributed by atoms with Crippen molar-refractivity contribution in [1.29, 1.82) is 0 Å². The molecule has 2 atom stereocenters. The summed E-state index contributed by atoms with van der Waals surface area (Å²) in [7, 11) is -3.66. The maximum Gasteiger partial charge on any atom is 0.241 e. The third kappa shape index (κ3) is 5.09. The Bertz CT molecular complexity index is 1010. The Balaban J connectivity index is 1.97. The predicted octanol–water partition coefficient (Wildman–Crippen LogP) is 5.73. The molecule has 1 heterocycles. The highest BCUT2D eigenvalue weighted by Gasteiger charge is 2.32. The van der Waals surface area contributed by atoms with Crippen LogP contribution in [0.25, 0.3) is 0 Å². The van der Waals surface area contributed by atoms with Crippen LogP contribution in [0.4, 0.5) is 0 Å². The number of rotatable bonds is 7. The Kier molecular flexibility index (Phi) is 7.50. The van der Waals surface area contributed by atoms with Crippen molar-refractivity contribution in [3.05, 3.63) is 40.5 Å². The van der Waals surface area contributed by atoms with Crippen LogP contribution in [0.5, 0.6) is 0 Å². The average molecular weight is 461 g/mol. The lowest BCUT2D eigenvalue weighted by molar-refractivity contribution is 0.299. The summed E-state index contributed by atoms with van der Waals surface area (Å²) in [5, 5.41) is 8.39. The van der Waals surface area contributed by atoms with Crippen molar-refractivity contribution in [2.75, 3.05) is 0 Å². The first-order chi connectivity index (χ1) is 14.9. The maximum atomic E-state index is 13.8. The number of aryl methyl sites for hydroxylation is 2. The van der Waals surface area contributed by atoms with Crippen molar-refractivity contribution in [2.24, 2.45) is 0 Å². The van der Waals surface area contributed by atoms with Gasteiger partial charge in [0.15, 0.2) is 0 Å². The molecule has 2 aromatic rings. The molecule has 1 saturated carbocycles. The SMILES string of the molecule is Cc1nnc(C)n1[C@@H]1CCC[C@H](NS(=O)(=O)c2c(C(C)C)cc(C(C)C)cc2C(C)C)C1. The van der Waals surface area contributed by atoms with Crippen LogP contribution in [0.3, 0.4) is 0 Å². The van der Waals surface area contributed by atoms with Gasteiger partial charge in [0.05, 0.1) is 4.90 Å². The summed E-state index contributed by atoms with van der Waals surface area (Å²) in [6.07, 6.45) is 3.62. The molecule has 1 aliphatic rings. The molecular formula is C25H40N4O2S. The zero-order valence-electron chi connectivity index (χ0n) is 20.9. The molecule has 1 N–H and O–H groups in total. The van der Waals surface area contributed by atoms with E-state index in [0.29, 0.717) is 10.8 Å². The first kappa shape index (κ1) is 24.9. The minimum atomic E-state index is -3.66. The van der Waals surface area contributed by atoms with Crippen molar-refractivity contribution in [1.82, 2.24) is 19.5 Å². The number of benzene rings is 1. The number of nitrogens with one attached hydrogen (secondary N) is 1. The van der Waals surface area contributed by atoms with Crippen molar-refractivity contribution in [3.63, 3.8) is 0 Å². The lowest BCUT2D eigenvalue weighted by Gasteiger charge is -2.32. The molecule has 6 nitrogen and oxygen atoms in total. The fraction of sp³-hybridized carbons (Fsp3) is 0.680. The van der Waals surface area contributed by atoms with Crippen LogP contribution in [0.2, 0.25) is 0 Å². The van der Waals surface area contributed by atoms with E-state index in [2.05, 4.69) is 73.2 Å². The molecule has 0 bridgehead atoms. The molecule has 0 aliphatic heterocycles. The van der Waals surface area contributed by atoms with Crippen LogP contribution < -0.4 is 4.72 Å². The zero-order chi connectivity index (χ0) is 23.8. The molecule has 0 unspecified atom stereocenters. The lowest BCUT2D eigenvalue weighted by Crippen LogP contribution is -2.40. The quantitative estimate of drug-likeness (QED) is 0.573. The van der Waals surface area contributed by atoms with Crippen molar-refractivity contribution in [3.8, 4) is 0 Å². The van der Waals surface area contributed by atoms with Gasteiger partial charge in [-0.2, -0.15) is 0 Å². The lowest BCUT2D eigenvalue weighted by atomic mass is 9.89. The highest BCUT2D eigenvalue weighted by Crippen LogP contribution is 2.36. The average Bonchev–Trinajstić information content (AvgIpc) is 3.04. The van der Waals surface area contributed by atoms with Crippen LogP contribution in [0, 0.1) is 13.8 Å². The van der Waals surface area contributed by atoms with Gasteiger partial charge in [0.25, 0.3) is 0 Å². The molecule has 1 fully saturated rings. The van der Waals surface area contributed by atoms with Gasteiger partial charge in [-0.3, -0.25) is 0 Å². The molecule has 0 saturated heterocycles. The molecule has 1 aliphatic carbocycles. The van der Waals surface area contributed by atoms with Gasteiger partial charge in [-0.25, -0.2) is 13.1 Å². The van der Waals surface area contributed by atoms with E-state index < -0.39 is 10.0 Å². The van der Waals surface area contributed by atoms with E-state index in [1.54, 1.807) is 0 Å². The van der Waals surface area contributed by atoms with Crippen LogP contribution in [-0.2, 0) is 10.0 Å². The van der Waals surface area contributed by atoms with Crippen LogP contribution >= 0.6 is 0 Å². The number of hydrogen-bond acceptors (Lipinski definition) is 4. The first-order valence-corrected chi connectivity index (χ1v) is 13.5. The maximum absolute atomic E-state index is 13.8. The van der Waals surface area contributed by atoms with E-state index in [9.17, 15) is 8.42 Å². The second-order valence-electron chi connectivity index (χ2n) is 10.3. The number of hydrogen-bond donors (Lipinski definition) is 1. The third-order valence-electron chi connectivity index (χ3n) is 6.72. The van der Waals surface area contributed by atoms with Gasteiger partial charge in [0.1, 0.15) is 11.6 Å². The Morgan fingerprint density at radius 3 is 1.91 bits per heavy atom. The van der Waals surface area contributed by atoms with Gasteiger partial charge in [-0.05, 0) is 74.0 Å². The van der Waals surface area contributed by atoms with Crippen LogP contribution in [0.1, 0.15) is 119 Å². The zero-order valence-corrected chi connectivity index (χ0v) is 21.8. The number of aromatic nitrogens is 3. The Hall–Kier alpha value is -1.73. The Labute approximate surface area is 194 Å². The van der Waals surface area contributed by atoms with Gasteiger partial charge < -0.3 is 4.57 Å². The van der Waals surface area contributed by atoms with Crippen molar-refractivity contribution in [2.45, 2.75) is 116 Å². The van der Waals surface area contributed by atoms with Gasteiger partial charge >= 0.3 is 0 Å². The van der Waals surface area contributed by atoms with Gasteiger partial charge in [0, 0.05) is 12.1 Å². The third-order valence-corrected chi connectivity index (χ3v) is 8.37. The monoisotopic (exact) mass is 460 g/mol. The normalized spacial score (nSPS) is 20.0. The molecule has 32 heavy (non-hydrogen) atoms. The molecule has 178 valence electrons.